The predicted molar refractivity (Wildman–Crippen MR) is 121 cm³/mol. The highest BCUT2D eigenvalue weighted by Gasteiger charge is 2.66. The molecule has 158 valence electrons. The van der Waals surface area contributed by atoms with Crippen molar-refractivity contribution in [1.29, 1.82) is 5.26 Å². The third kappa shape index (κ3) is 3.27. The van der Waals surface area contributed by atoms with Crippen molar-refractivity contribution in [3.05, 3.63) is 63.7 Å². The number of hydrogen-bond acceptors (Lipinski definition) is 3. The fourth-order valence-electron chi connectivity index (χ4n) is 5.84. The van der Waals surface area contributed by atoms with Crippen LogP contribution in [0.1, 0.15) is 54.7 Å². The summed E-state index contributed by atoms with van der Waals surface area (Å²) in [5.41, 5.74) is 2.72. The molecule has 1 saturated carbocycles. The van der Waals surface area contributed by atoms with Crippen LogP contribution in [0.3, 0.4) is 0 Å². The molecule has 2 aliphatic rings. The number of carbonyl (C=O) groups excluding carboxylic acids is 1. The molecule has 0 unspecified atom stereocenters. The maximum Gasteiger partial charge on any atom is 0.254 e. The molecule has 1 aliphatic heterocycles. The molecule has 31 heavy (non-hydrogen) atoms. The zero-order valence-electron chi connectivity index (χ0n) is 18.2. The Morgan fingerprint density at radius 3 is 2.52 bits per heavy atom. The van der Waals surface area contributed by atoms with Crippen LogP contribution in [0.15, 0.2) is 36.4 Å². The molecule has 0 N–H and O–H groups in total. The Hall–Kier alpha value is -2.95. The van der Waals surface area contributed by atoms with Gasteiger partial charge in [-0.1, -0.05) is 51.4 Å². The molecular formula is C26H25ClN2O2. The Morgan fingerprint density at radius 1 is 1.19 bits per heavy atom. The lowest BCUT2D eigenvalue weighted by atomic mass is 9.49. The average molecular weight is 433 g/mol. The highest BCUT2D eigenvalue weighted by Crippen LogP contribution is 2.59. The normalized spacial score (nSPS) is 22.8. The molecule has 4 rings (SSSR count). The molecule has 0 spiro atoms. The van der Waals surface area contributed by atoms with Gasteiger partial charge in [0.05, 0.1) is 10.6 Å². The number of nitrogens with zero attached hydrogens (tertiary/aromatic N) is 2. The molecule has 1 amide bonds. The van der Waals surface area contributed by atoms with Crippen LogP contribution >= 0.6 is 11.6 Å². The first-order valence-corrected chi connectivity index (χ1v) is 10.7. The van der Waals surface area contributed by atoms with Gasteiger partial charge in [-0.2, -0.15) is 5.26 Å². The molecule has 2 aromatic carbocycles. The molecule has 0 bridgehead atoms. The number of carbonyl (C=O) groups is 1. The van der Waals surface area contributed by atoms with E-state index >= 15 is 0 Å². The van der Waals surface area contributed by atoms with Crippen molar-refractivity contribution in [2.24, 2.45) is 10.8 Å². The van der Waals surface area contributed by atoms with E-state index in [1.54, 1.807) is 18.2 Å². The molecule has 1 heterocycles. The van der Waals surface area contributed by atoms with Crippen LogP contribution < -0.4 is 4.74 Å². The second-order valence-corrected chi connectivity index (χ2v) is 10.0. The van der Waals surface area contributed by atoms with E-state index in [4.69, 9.17) is 28.0 Å². The molecule has 2 aromatic rings. The van der Waals surface area contributed by atoms with E-state index in [2.05, 4.69) is 45.8 Å². The molecule has 5 heteroatoms. The fraction of sp³-hybridized carbons (Fsp3) is 0.385. The maximum absolute atomic E-state index is 13.3. The van der Waals surface area contributed by atoms with Crippen molar-refractivity contribution in [2.75, 3.05) is 0 Å². The smallest absolute Gasteiger partial charge is 0.254 e. The Bertz CT molecular complexity index is 1140. The average Bonchev–Trinajstić information content (AvgIpc) is 3.01. The molecule has 0 aromatic heterocycles. The highest BCUT2D eigenvalue weighted by atomic mass is 35.5. The number of amides is 1. The first-order valence-electron chi connectivity index (χ1n) is 10.3. The Labute approximate surface area is 188 Å². The number of nitriles is 1. The van der Waals surface area contributed by atoms with Crippen molar-refractivity contribution >= 4 is 17.5 Å². The van der Waals surface area contributed by atoms with Gasteiger partial charge in [-0.3, -0.25) is 4.79 Å². The molecule has 0 atom stereocenters. The quantitative estimate of drug-likeness (QED) is 0.622. The zero-order chi connectivity index (χ0) is 22.6. The van der Waals surface area contributed by atoms with E-state index in [0.29, 0.717) is 29.3 Å². The minimum atomic E-state index is -0.275. The maximum atomic E-state index is 13.3. The largest absolute Gasteiger partial charge is 0.489 e. The predicted octanol–water partition coefficient (Wildman–Crippen LogP) is 5.23. The molecule has 0 radical (unpaired) electrons. The van der Waals surface area contributed by atoms with Crippen LogP contribution in [0.5, 0.6) is 5.75 Å². The third-order valence-corrected chi connectivity index (χ3v) is 7.01. The summed E-state index contributed by atoms with van der Waals surface area (Å²) >= 11 is 6.19. The van der Waals surface area contributed by atoms with Gasteiger partial charge in [0, 0.05) is 41.5 Å². The van der Waals surface area contributed by atoms with Gasteiger partial charge in [0.1, 0.15) is 17.9 Å². The molecule has 4 nitrogen and oxygen atoms in total. The van der Waals surface area contributed by atoms with Gasteiger partial charge in [-0.25, -0.2) is 0 Å². The second kappa shape index (κ2) is 7.33. The van der Waals surface area contributed by atoms with Gasteiger partial charge >= 0.3 is 0 Å². The first kappa shape index (κ1) is 21.3. The summed E-state index contributed by atoms with van der Waals surface area (Å²) in [4.78, 5) is 15.2. The van der Waals surface area contributed by atoms with Gasteiger partial charge in [0.25, 0.3) is 5.91 Å². The Balaban J connectivity index is 1.58. The van der Waals surface area contributed by atoms with Crippen LogP contribution in [-0.2, 0) is 13.0 Å². The molecule has 1 fully saturated rings. The van der Waals surface area contributed by atoms with Gasteiger partial charge < -0.3 is 9.64 Å². The van der Waals surface area contributed by atoms with Crippen LogP contribution in [0.25, 0.3) is 0 Å². The Morgan fingerprint density at radius 2 is 1.90 bits per heavy atom. The number of halogens is 1. The summed E-state index contributed by atoms with van der Waals surface area (Å²) in [5, 5.41) is 9.47. The summed E-state index contributed by atoms with van der Waals surface area (Å²) in [7, 11) is 0. The number of terminal acetylenes is 1. The van der Waals surface area contributed by atoms with Gasteiger partial charge in [0.2, 0.25) is 0 Å². The second-order valence-electron chi connectivity index (χ2n) is 9.60. The monoisotopic (exact) mass is 432 g/mol. The van der Waals surface area contributed by atoms with E-state index in [1.165, 1.54) is 0 Å². The van der Waals surface area contributed by atoms with E-state index in [9.17, 15) is 4.79 Å². The molecule has 0 saturated heterocycles. The van der Waals surface area contributed by atoms with E-state index < -0.39 is 0 Å². The van der Waals surface area contributed by atoms with Crippen molar-refractivity contribution in [3.63, 3.8) is 0 Å². The van der Waals surface area contributed by atoms with Crippen molar-refractivity contribution in [2.45, 2.75) is 52.8 Å². The zero-order valence-corrected chi connectivity index (χ0v) is 19.0. The lowest BCUT2D eigenvalue weighted by Gasteiger charge is -2.65. The van der Waals surface area contributed by atoms with Crippen molar-refractivity contribution in [3.8, 4) is 24.2 Å². The summed E-state index contributed by atoms with van der Waals surface area (Å²) in [6.45, 7) is 9.13. The first-order chi connectivity index (χ1) is 14.6. The standard InChI is InChI=1S/C26H25ClN2O2/c1-6-7-16-8-11-20-18(12-16)15-29(22(20)30)23-25(2,3)24(26(23,4)5)31-19-10-9-17(14-28)21(27)13-19/h1,8-13,23-24H,7,15H2,2-5H3. The molecule has 1 aliphatic carbocycles. The van der Waals surface area contributed by atoms with Gasteiger partial charge in [0.15, 0.2) is 0 Å². The Kier molecular flexibility index (Phi) is 5.03. The van der Waals surface area contributed by atoms with Crippen molar-refractivity contribution in [1.82, 2.24) is 4.90 Å². The lowest BCUT2D eigenvalue weighted by molar-refractivity contribution is -0.199. The minimum Gasteiger partial charge on any atom is -0.489 e. The number of benzene rings is 2. The number of ether oxygens (including phenoxy) is 1. The number of rotatable bonds is 4. The molecular weight excluding hydrogens is 408 g/mol. The van der Waals surface area contributed by atoms with Crippen molar-refractivity contribution < 1.29 is 9.53 Å². The van der Waals surface area contributed by atoms with E-state index in [0.717, 1.165) is 16.7 Å². The SMILES string of the molecule is C#CCc1ccc2c(c1)CN(C1C(C)(C)C(Oc3ccc(C#N)c(Cl)c3)C1(C)C)C2=O. The summed E-state index contributed by atoms with van der Waals surface area (Å²) in [6, 6.07) is 13.1. The fourth-order valence-corrected chi connectivity index (χ4v) is 6.06. The number of fused-ring (bicyclic) bond motifs is 1. The van der Waals surface area contributed by atoms with Crippen LogP contribution in [-0.4, -0.2) is 23.0 Å². The van der Waals surface area contributed by atoms with Gasteiger partial charge in [-0.15, -0.1) is 12.3 Å². The van der Waals surface area contributed by atoms with E-state index in [1.807, 2.05) is 17.0 Å². The summed E-state index contributed by atoms with van der Waals surface area (Å²) < 4.78 is 6.36. The lowest BCUT2D eigenvalue weighted by Crippen LogP contribution is -2.74. The number of hydrogen-bond donors (Lipinski definition) is 0. The minimum absolute atomic E-state index is 0.00911. The van der Waals surface area contributed by atoms with Crippen LogP contribution in [0, 0.1) is 34.5 Å². The topological polar surface area (TPSA) is 53.3 Å². The highest BCUT2D eigenvalue weighted by molar-refractivity contribution is 6.31. The van der Waals surface area contributed by atoms with E-state index in [-0.39, 0.29) is 28.9 Å². The third-order valence-electron chi connectivity index (χ3n) is 6.70. The summed E-state index contributed by atoms with van der Waals surface area (Å²) in [6.07, 6.45) is 5.89. The van der Waals surface area contributed by atoms with Crippen LogP contribution in [0.4, 0.5) is 0 Å². The summed E-state index contributed by atoms with van der Waals surface area (Å²) in [5.74, 6) is 3.36. The van der Waals surface area contributed by atoms with Gasteiger partial charge in [-0.05, 0) is 29.3 Å². The van der Waals surface area contributed by atoms with Crippen LogP contribution in [0.2, 0.25) is 5.02 Å².